The molecule has 1 aromatic rings. The number of epoxide rings is 1. The molecule has 5 heteroatoms. The van der Waals surface area contributed by atoms with E-state index in [1.165, 1.54) is 0 Å². The van der Waals surface area contributed by atoms with E-state index in [1.807, 2.05) is 6.07 Å². The molecule has 82 valence electrons. The quantitative estimate of drug-likeness (QED) is 0.750. The standard InChI is InChI=1S/C10H8BrF3O/c11-7-3-1-2-6(4-7)9-8(15-9)5-10(12,13)14/h1-4,8-9H,5H2/t8-,9-/m1/s1. The van der Waals surface area contributed by atoms with Gasteiger partial charge < -0.3 is 4.74 Å². The molecule has 2 rings (SSSR count). The molecule has 15 heavy (non-hydrogen) atoms. The van der Waals surface area contributed by atoms with Crippen molar-refractivity contribution in [1.82, 2.24) is 0 Å². The Balaban J connectivity index is 1.99. The third kappa shape index (κ3) is 2.95. The van der Waals surface area contributed by atoms with Crippen molar-refractivity contribution >= 4 is 15.9 Å². The molecule has 1 heterocycles. The fraction of sp³-hybridized carbons (Fsp3) is 0.400. The van der Waals surface area contributed by atoms with Gasteiger partial charge in [0, 0.05) is 4.47 Å². The molecule has 1 aliphatic rings. The molecule has 0 unspecified atom stereocenters. The highest BCUT2D eigenvalue weighted by atomic mass is 79.9. The molecular formula is C10H8BrF3O. The first-order valence-corrected chi connectivity index (χ1v) is 5.23. The number of ether oxygens (including phenoxy) is 1. The predicted molar refractivity (Wildman–Crippen MR) is 52.4 cm³/mol. The first kappa shape index (κ1) is 11.0. The van der Waals surface area contributed by atoms with E-state index in [0.717, 1.165) is 10.0 Å². The molecule has 0 spiro atoms. The Kier molecular flexibility index (Phi) is 2.77. The SMILES string of the molecule is FC(F)(F)C[C@H]1O[C@@H]1c1cccc(Br)c1. The van der Waals surface area contributed by atoms with Gasteiger partial charge >= 0.3 is 6.18 Å². The highest BCUT2D eigenvalue weighted by molar-refractivity contribution is 9.10. The smallest absolute Gasteiger partial charge is 0.364 e. The maximum absolute atomic E-state index is 12.0. The van der Waals surface area contributed by atoms with E-state index in [4.69, 9.17) is 4.74 Å². The minimum atomic E-state index is -4.15. The van der Waals surface area contributed by atoms with Crippen LogP contribution < -0.4 is 0 Å². The molecule has 0 aromatic heterocycles. The number of hydrogen-bond acceptors (Lipinski definition) is 1. The number of alkyl halides is 3. The lowest BCUT2D eigenvalue weighted by Gasteiger charge is -2.02. The minimum absolute atomic E-state index is 0.399. The van der Waals surface area contributed by atoms with Crippen molar-refractivity contribution in [3.8, 4) is 0 Å². The van der Waals surface area contributed by atoms with Crippen LogP contribution in [-0.2, 0) is 4.74 Å². The molecular weight excluding hydrogens is 273 g/mol. The zero-order valence-electron chi connectivity index (χ0n) is 7.59. The predicted octanol–water partition coefficient (Wildman–Crippen LogP) is 3.84. The van der Waals surface area contributed by atoms with Gasteiger partial charge in [-0.1, -0.05) is 28.1 Å². The van der Waals surface area contributed by atoms with Crippen LogP contribution in [0.3, 0.4) is 0 Å². The van der Waals surface area contributed by atoms with Crippen LogP contribution in [0.25, 0.3) is 0 Å². The van der Waals surface area contributed by atoms with Crippen molar-refractivity contribution in [2.75, 3.05) is 0 Å². The summed E-state index contributed by atoms with van der Waals surface area (Å²) in [6, 6.07) is 7.16. The Hall–Kier alpha value is -0.550. The van der Waals surface area contributed by atoms with Crippen molar-refractivity contribution in [1.29, 1.82) is 0 Å². The van der Waals surface area contributed by atoms with E-state index < -0.39 is 24.8 Å². The number of hydrogen-bond donors (Lipinski definition) is 0. The maximum atomic E-state index is 12.0. The Morgan fingerprint density at radius 1 is 1.33 bits per heavy atom. The van der Waals surface area contributed by atoms with Crippen molar-refractivity contribution < 1.29 is 17.9 Å². The molecule has 1 nitrogen and oxygen atoms in total. The van der Waals surface area contributed by atoms with Crippen molar-refractivity contribution in [2.24, 2.45) is 0 Å². The Morgan fingerprint density at radius 3 is 2.67 bits per heavy atom. The number of halogens is 4. The van der Waals surface area contributed by atoms with E-state index in [9.17, 15) is 13.2 Å². The average Bonchev–Trinajstić information content (AvgIpc) is 2.80. The third-order valence-corrected chi connectivity index (χ3v) is 2.69. The molecule has 0 bridgehead atoms. The van der Waals surface area contributed by atoms with E-state index >= 15 is 0 Å². The van der Waals surface area contributed by atoms with Gasteiger partial charge in [-0.25, -0.2) is 0 Å². The summed E-state index contributed by atoms with van der Waals surface area (Å²) in [5.74, 6) is 0. The summed E-state index contributed by atoms with van der Waals surface area (Å²) >= 11 is 3.26. The first-order chi connectivity index (χ1) is 6.96. The van der Waals surface area contributed by atoms with Gasteiger partial charge in [-0.2, -0.15) is 13.2 Å². The molecule has 0 amide bonds. The lowest BCUT2D eigenvalue weighted by Crippen LogP contribution is -2.11. The summed E-state index contributed by atoms with van der Waals surface area (Å²) in [5.41, 5.74) is 0.790. The van der Waals surface area contributed by atoms with Gasteiger partial charge in [0.15, 0.2) is 0 Å². The maximum Gasteiger partial charge on any atom is 0.391 e. The fourth-order valence-electron chi connectivity index (χ4n) is 1.50. The second-order valence-electron chi connectivity index (χ2n) is 3.47. The van der Waals surface area contributed by atoms with Crippen LogP contribution in [0.2, 0.25) is 0 Å². The van der Waals surface area contributed by atoms with E-state index in [1.54, 1.807) is 18.2 Å². The summed E-state index contributed by atoms with van der Waals surface area (Å²) in [4.78, 5) is 0. The molecule has 1 saturated heterocycles. The van der Waals surface area contributed by atoms with Gasteiger partial charge in [0.1, 0.15) is 6.10 Å². The van der Waals surface area contributed by atoms with Gasteiger partial charge in [-0.05, 0) is 17.7 Å². The molecule has 0 aliphatic carbocycles. The first-order valence-electron chi connectivity index (χ1n) is 4.43. The molecule has 1 aliphatic heterocycles. The van der Waals surface area contributed by atoms with Crippen molar-refractivity contribution in [2.45, 2.75) is 24.8 Å². The normalized spacial score (nSPS) is 25.3. The summed E-state index contributed by atoms with van der Waals surface area (Å²) < 4.78 is 41.9. The number of rotatable bonds is 2. The second-order valence-corrected chi connectivity index (χ2v) is 4.39. The lowest BCUT2D eigenvalue weighted by atomic mass is 10.1. The monoisotopic (exact) mass is 280 g/mol. The van der Waals surface area contributed by atoms with Crippen molar-refractivity contribution in [3.63, 3.8) is 0 Å². The van der Waals surface area contributed by atoms with Crippen LogP contribution in [0.5, 0.6) is 0 Å². The lowest BCUT2D eigenvalue weighted by molar-refractivity contribution is -0.137. The Bertz CT molecular complexity index is 364. The molecule has 0 N–H and O–H groups in total. The van der Waals surface area contributed by atoms with E-state index in [0.29, 0.717) is 0 Å². The van der Waals surface area contributed by atoms with Gasteiger partial charge in [0.05, 0.1) is 12.5 Å². The van der Waals surface area contributed by atoms with Crippen LogP contribution >= 0.6 is 15.9 Å². The fourth-order valence-corrected chi connectivity index (χ4v) is 1.92. The largest absolute Gasteiger partial charge is 0.391 e. The van der Waals surface area contributed by atoms with Gasteiger partial charge in [-0.15, -0.1) is 0 Å². The second kappa shape index (κ2) is 3.79. The van der Waals surface area contributed by atoms with Gasteiger partial charge in [-0.3, -0.25) is 0 Å². The highest BCUT2D eigenvalue weighted by Crippen LogP contribution is 2.44. The highest BCUT2D eigenvalue weighted by Gasteiger charge is 2.47. The molecule has 0 radical (unpaired) electrons. The van der Waals surface area contributed by atoms with Crippen LogP contribution in [0, 0.1) is 0 Å². The van der Waals surface area contributed by atoms with E-state index in [2.05, 4.69) is 15.9 Å². The third-order valence-electron chi connectivity index (χ3n) is 2.19. The Morgan fingerprint density at radius 2 is 2.07 bits per heavy atom. The molecule has 1 fully saturated rings. The molecule has 2 atom stereocenters. The zero-order chi connectivity index (χ0) is 11.1. The van der Waals surface area contributed by atoms with Crippen LogP contribution in [0.15, 0.2) is 28.7 Å². The topological polar surface area (TPSA) is 12.5 Å². The zero-order valence-corrected chi connectivity index (χ0v) is 9.18. The summed E-state index contributed by atoms with van der Waals surface area (Å²) in [6.45, 7) is 0. The van der Waals surface area contributed by atoms with Crippen LogP contribution in [-0.4, -0.2) is 12.3 Å². The van der Waals surface area contributed by atoms with Gasteiger partial charge in [0.2, 0.25) is 0 Å². The summed E-state index contributed by atoms with van der Waals surface area (Å²) in [6.07, 6.45) is -6.13. The van der Waals surface area contributed by atoms with Crippen LogP contribution in [0.1, 0.15) is 18.1 Å². The molecule has 0 saturated carbocycles. The van der Waals surface area contributed by atoms with Crippen molar-refractivity contribution in [3.05, 3.63) is 34.3 Å². The summed E-state index contributed by atoms with van der Waals surface area (Å²) in [5, 5.41) is 0. The Labute approximate surface area is 93.4 Å². The molecule has 1 aromatic carbocycles. The van der Waals surface area contributed by atoms with Crippen LogP contribution in [0.4, 0.5) is 13.2 Å². The van der Waals surface area contributed by atoms with Gasteiger partial charge in [0.25, 0.3) is 0 Å². The summed E-state index contributed by atoms with van der Waals surface area (Å²) in [7, 11) is 0. The average molecular weight is 281 g/mol. The van der Waals surface area contributed by atoms with E-state index in [-0.39, 0.29) is 0 Å². The number of benzene rings is 1. The minimum Gasteiger partial charge on any atom is -0.364 e.